The summed E-state index contributed by atoms with van der Waals surface area (Å²) in [6.07, 6.45) is 0. The van der Waals surface area contributed by atoms with E-state index in [9.17, 15) is 9.59 Å². The van der Waals surface area contributed by atoms with Crippen LogP contribution >= 0.6 is 0 Å². The van der Waals surface area contributed by atoms with Crippen LogP contribution in [0.4, 0.5) is 0 Å². The zero-order chi connectivity index (χ0) is 13.0. The second-order valence-corrected chi connectivity index (χ2v) is 3.52. The third-order valence-corrected chi connectivity index (χ3v) is 2.31. The monoisotopic (exact) mass is 234 g/mol. The van der Waals surface area contributed by atoms with Gasteiger partial charge in [-0.05, 0) is 30.7 Å². The van der Waals surface area contributed by atoms with Gasteiger partial charge in [0, 0.05) is 0 Å². The number of carbonyl (C=O) groups is 2. The number of hydrogen-bond acceptors (Lipinski definition) is 4. The lowest BCUT2D eigenvalue weighted by atomic mass is 9.99. The molecule has 0 saturated carbocycles. The van der Waals surface area contributed by atoms with Crippen molar-refractivity contribution in [2.24, 2.45) is 0 Å². The zero-order valence-electron chi connectivity index (χ0n) is 10.1. The van der Waals surface area contributed by atoms with Crippen molar-refractivity contribution in [3.05, 3.63) is 41.5 Å². The van der Waals surface area contributed by atoms with Gasteiger partial charge in [-0.25, -0.2) is 9.59 Å². The highest BCUT2D eigenvalue weighted by Gasteiger charge is 2.15. The largest absolute Gasteiger partial charge is 0.465 e. The van der Waals surface area contributed by atoms with E-state index in [1.54, 1.807) is 13.0 Å². The van der Waals surface area contributed by atoms with Crippen LogP contribution in [0.1, 0.15) is 33.2 Å². The molecule has 1 rings (SSSR count). The van der Waals surface area contributed by atoms with Gasteiger partial charge in [-0.1, -0.05) is 12.2 Å². The summed E-state index contributed by atoms with van der Waals surface area (Å²) in [4.78, 5) is 22.9. The predicted molar refractivity (Wildman–Crippen MR) is 63.8 cm³/mol. The Labute approximate surface area is 99.8 Å². The molecular weight excluding hydrogens is 220 g/mol. The number of methoxy groups -OCH3 is 2. The van der Waals surface area contributed by atoms with Gasteiger partial charge in [0.15, 0.2) is 0 Å². The third-order valence-electron chi connectivity index (χ3n) is 2.31. The molecule has 0 radical (unpaired) electrons. The predicted octanol–water partition coefficient (Wildman–Crippen LogP) is 2.29. The third kappa shape index (κ3) is 2.72. The molecule has 0 aliphatic rings. The summed E-state index contributed by atoms with van der Waals surface area (Å²) < 4.78 is 9.27. The number of carbonyl (C=O) groups excluding carboxylic acids is 2. The molecule has 0 unspecified atom stereocenters. The summed E-state index contributed by atoms with van der Waals surface area (Å²) in [5.74, 6) is -0.914. The molecule has 0 aliphatic heterocycles. The van der Waals surface area contributed by atoms with Crippen LogP contribution in [0.15, 0.2) is 24.8 Å². The van der Waals surface area contributed by atoms with E-state index in [0.29, 0.717) is 22.3 Å². The van der Waals surface area contributed by atoms with Crippen LogP contribution in [-0.2, 0) is 9.47 Å². The Hall–Kier alpha value is -2.10. The van der Waals surface area contributed by atoms with Gasteiger partial charge in [0.05, 0.1) is 25.3 Å². The number of esters is 2. The Balaban J connectivity index is 3.32. The summed E-state index contributed by atoms with van der Waals surface area (Å²) in [7, 11) is 2.61. The maximum Gasteiger partial charge on any atom is 0.338 e. The summed E-state index contributed by atoms with van der Waals surface area (Å²) in [5.41, 5.74) is 2.02. The normalized spacial score (nSPS) is 9.59. The van der Waals surface area contributed by atoms with E-state index < -0.39 is 11.9 Å². The minimum Gasteiger partial charge on any atom is -0.465 e. The van der Waals surface area contributed by atoms with Crippen molar-refractivity contribution in [2.45, 2.75) is 6.92 Å². The van der Waals surface area contributed by atoms with Crippen LogP contribution < -0.4 is 0 Å². The number of hydrogen-bond donors (Lipinski definition) is 0. The van der Waals surface area contributed by atoms with Crippen molar-refractivity contribution in [2.75, 3.05) is 14.2 Å². The molecule has 1 aromatic rings. The maximum atomic E-state index is 11.5. The molecule has 0 aliphatic carbocycles. The minimum atomic E-state index is -0.459. The highest BCUT2D eigenvalue weighted by molar-refractivity contribution is 5.98. The van der Waals surface area contributed by atoms with Crippen molar-refractivity contribution in [1.29, 1.82) is 0 Å². The van der Waals surface area contributed by atoms with E-state index in [0.717, 1.165) is 0 Å². The molecule has 90 valence electrons. The quantitative estimate of drug-likeness (QED) is 0.753. The maximum absolute atomic E-state index is 11.5. The average Bonchev–Trinajstić information content (AvgIpc) is 2.35. The molecule has 0 aromatic heterocycles. The van der Waals surface area contributed by atoms with E-state index in [4.69, 9.17) is 0 Å². The second kappa shape index (κ2) is 5.30. The van der Waals surface area contributed by atoms with Gasteiger partial charge < -0.3 is 9.47 Å². The summed E-state index contributed by atoms with van der Waals surface area (Å²) >= 11 is 0. The molecule has 0 heterocycles. The molecule has 0 saturated heterocycles. The van der Waals surface area contributed by atoms with Gasteiger partial charge in [-0.15, -0.1) is 0 Å². The lowest BCUT2D eigenvalue weighted by Gasteiger charge is -2.09. The second-order valence-electron chi connectivity index (χ2n) is 3.52. The fourth-order valence-corrected chi connectivity index (χ4v) is 1.43. The van der Waals surface area contributed by atoms with E-state index >= 15 is 0 Å². The lowest BCUT2D eigenvalue weighted by molar-refractivity contribution is 0.0586. The van der Waals surface area contributed by atoms with Crippen LogP contribution in [0.2, 0.25) is 0 Å². The van der Waals surface area contributed by atoms with E-state index in [1.807, 2.05) is 0 Å². The van der Waals surface area contributed by atoms with Gasteiger partial charge in [0.2, 0.25) is 0 Å². The van der Waals surface area contributed by atoms with Crippen LogP contribution in [0, 0.1) is 0 Å². The SMILES string of the molecule is C=C(C)c1cc(C(=O)OC)ccc1C(=O)OC. The lowest BCUT2D eigenvalue weighted by Crippen LogP contribution is -2.08. The van der Waals surface area contributed by atoms with E-state index in [1.165, 1.54) is 26.4 Å². The summed E-state index contributed by atoms with van der Waals surface area (Å²) in [6, 6.07) is 4.62. The first-order valence-corrected chi connectivity index (χ1v) is 4.97. The zero-order valence-corrected chi connectivity index (χ0v) is 10.1. The van der Waals surface area contributed by atoms with Gasteiger partial charge in [-0.2, -0.15) is 0 Å². The van der Waals surface area contributed by atoms with Gasteiger partial charge in [0.1, 0.15) is 0 Å². The Morgan fingerprint density at radius 3 is 2.12 bits per heavy atom. The molecule has 0 amide bonds. The molecule has 4 heteroatoms. The highest BCUT2D eigenvalue weighted by Crippen LogP contribution is 2.20. The topological polar surface area (TPSA) is 52.6 Å². The number of rotatable bonds is 3. The standard InChI is InChI=1S/C13H14O4/c1-8(2)11-7-9(12(14)16-3)5-6-10(11)13(15)17-4/h5-7H,1H2,2-4H3. The van der Waals surface area contributed by atoms with E-state index in [-0.39, 0.29) is 0 Å². The molecule has 0 spiro atoms. The first-order chi connectivity index (χ1) is 8.01. The fraction of sp³-hybridized carbons (Fsp3) is 0.231. The molecule has 17 heavy (non-hydrogen) atoms. The molecular formula is C13H14O4. The highest BCUT2D eigenvalue weighted by atomic mass is 16.5. The van der Waals surface area contributed by atoms with Crippen molar-refractivity contribution in [3.8, 4) is 0 Å². The van der Waals surface area contributed by atoms with Crippen LogP contribution in [0.3, 0.4) is 0 Å². The van der Waals surface area contributed by atoms with Crippen LogP contribution in [-0.4, -0.2) is 26.2 Å². The Morgan fingerprint density at radius 1 is 1.06 bits per heavy atom. The molecule has 0 N–H and O–H groups in total. The first-order valence-electron chi connectivity index (χ1n) is 4.97. The summed E-state index contributed by atoms with van der Waals surface area (Å²) in [6.45, 7) is 5.52. The smallest absolute Gasteiger partial charge is 0.338 e. The number of ether oxygens (including phenoxy) is 2. The Bertz CT molecular complexity index is 474. The molecule has 0 bridgehead atoms. The van der Waals surface area contributed by atoms with Crippen molar-refractivity contribution < 1.29 is 19.1 Å². The number of allylic oxidation sites excluding steroid dienone is 1. The van der Waals surface area contributed by atoms with Gasteiger partial charge in [0.25, 0.3) is 0 Å². The molecule has 0 atom stereocenters. The summed E-state index contributed by atoms with van der Waals surface area (Å²) in [5, 5.41) is 0. The van der Waals surface area contributed by atoms with Crippen molar-refractivity contribution >= 4 is 17.5 Å². The van der Waals surface area contributed by atoms with Crippen LogP contribution in [0.5, 0.6) is 0 Å². The fourth-order valence-electron chi connectivity index (χ4n) is 1.43. The molecule has 1 aromatic carbocycles. The van der Waals surface area contributed by atoms with Crippen molar-refractivity contribution in [1.82, 2.24) is 0 Å². The average molecular weight is 234 g/mol. The minimum absolute atomic E-state index is 0.373. The van der Waals surface area contributed by atoms with Gasteiger partial charge >= 0.3 is 11.9 Å². The Kier molecular flexibility index (Phi) is 4.04. The van der Waals surface area contributed by atoms with Crippen LogP contribution in [0.25, 0.3) is 5.57 Å². The van der Waals surface area contributed by atoms with E-state index in [2.05, 4.69) is 16.1 Å². The molecule has 0 fully saturated rings. The van der Waals surface area contributed by atoms with Crippen molar-refractivity contribution in [3.63, 3.8) is 0 Å². The Morgan fingerprint density at radius 2 is 1.65 bits per heavy atom. The van der Waals surface area contributed by atoms with Gasteiger partial charge in [-0.3, -0.25) is 0 Å². The molecule has 4 nitrogen and oxygen atoms in total. The first kappa shape index (κ1) is 13.0. The number of benzene rings is 1.